The van der Waals surface area contributed by atoms with Crippen LogP contribution in [0.2, 0.25) is 0 Å². The monoisotopic (exact) mass is 598 g/mol. The van der Waals surface area contributed by atoms with E-state index in [1.165, 1.54) is 0 Å². The van der Waals surface area contributed by atoms with Crippen molar-refractivity contribution in [1.82, 2.24) is 20.6 Å². The van der Waals surface area contributed by atoms with Crippen molar-refractivity contribution in [2.24, 2.45) is 0 Å². The standard InChI is InChI=1S/C33H38N6O5/c1-21-26(5-3-7-28(21)38-32(43)30-11-9-23(17-36-30)15-34-13-14-40)27-6-4-8-29(22(27)2)39-33(44)31-12-10-24(18-37-31)16-35-25(19-41)20-42/h3-12,17-18,25,34-35,40-42H,13-16,19-20H2,1-2H3,(H,38,43)(H,39,44). The van der Waals surface area contributed by atoms with E-state index in [0.717, 1.165) is 33.4 Å². The first-order valence-corrected chi connectivity index (χ1v) is 14.3. The molecule has 0 aliphatic carbocycles. The second kappa shape index (κ2) is 15.8. The number of aromatic nitrogens is 2. The molecule has 0 saturated heterocycles. The van der Waals surface area contributed by atoms with E-state index in [4.69, 9.17) is 5.11 Å². The molecule has 2 amide bonds. The van der Waals surface area contributed by atoms with E-state index in [0.29, 0.717) is 36.7 Å². The summed E-state index contributed by atoms with van der Waals surface area (Å²) >= 11 is 0. The van der Waals surface area contributed by atoms with Gasteiger partial charge >= 0.3 is 0 Å². The fourth-order valence-corrected chi connectivity index (χ4v) is 4.59. The van der Waals surface area contributed by atoms with Gasteiger partial charge in [0.15, 0.2) is 0 Å². The van der Waals surface area contributed by atoms with Crippen LogP contribution in [0.4, 0.5) is 11.4 Å². The second-order valence-electron chi connectivity index (χ2n) is 10.3. The van der Waals surface area contributed by atoms with Crippen LogP contribution in [0.1, 0.15) is 43.2 Å². The molecule has 7 N–H and O–H groups in total. The fourth-order valence-electron chi connectivity index (χ4n) is 4.59. The zero-order valence-electron chi connectivity index (χ0n) is 24.8. The van der Waals surface area contributed by atoms with Crippen molar-refractivity contribution < 1.29 is 24.9 Å². The van der Waals surface area contributed by atoms with Crippen LogP contribution in [0, 0.1) is 13.8 Å². The van der Waals surface area contributed by atoms with Gasteiger partial charge in [0.1, 0.15) is 11.4 Å². The number of anilines is 2. The predicted octanol–water partition coefficient (Wildman–Crippen LogP) is 2.79. The molecule has 0 bridgehead atoms. The van der Waals surface area contributed by atoms with Crippen LogP contribution < -0.4 is 21.3 Å². The summed E-state index contributed by atoms with van der Waals surface area (Å²) < 4.78 is 0. The van der Waals surface area contributed by atoms with Gasteiger partial charge in [-0.1, -0.05) is 36.4 Å². The third-order valence-electron chi connectivity index (χ3n) is 7.22. The smallest absolute Gasteiger partial charge is 0.274 e. The average molecular weight is 599 g/mol. The number of hydrogen-bond acceptors (Lipinski definition) is 9. The maximum Gasteiger partial charge on any atom is 0.274 e. The minimum atomic E-state index is -0.422. The summed E-state index contributed by atoms with van der Waals surface area (Å²) in [5.41, 5.74) is 7.11. The van der Waals surface area contributed by atoms with E-state index in [2.05, 4.69) is 31.2 Å². The molecule has 11 heteroatoms. The number of benzene rings is 2. The number of amides is 2. The lowest BCUT2D eigenvalue weighted by atomic mass is 9.94. The maximum atomic E-state index is 13.0. The Balaban J connectivity index is 1.45. The van der Waals surface area contributed by atoms with E-state index in [1.807, 2.05) is 56.3 Å². The van der Waals surface area contributed by atoms with E-state index in [9.17, 15) is 19.8 Å². The summed E-state index contributed by atoms with van der Waals surface area (Å²) in [7, 11) is 0. The Morgan fingerprint density at radius 3 is 1.64 bits per heavy atom. The van der Waals surface area contributed by atoms with Crippen molar-refractivity contribution in [3.8, 4) is 11.1 Å². The van der Waals surface area contributed by atoms with Crippen molar-refractivity contribution in [2.45, 2.75) is 33.0 Å². The quantitative estimate of drug-likeness (QED) is 0.108. The Bertz CT molecular complexity index is 1560. The van der Waals surface area contributed by atoms with Crippen LogP contribution >= 0.6 is 0 Å². The first-order chi connectivity index (χ1) is 21.3. The molecule has 11 nitrogen and oxygen atoms in total. The van der Waals surface area contributed by atoms with Crippen LogP contribution in [0.5, 0.6) is 0 Å². The Hall–Kier alpha value is -4.52. The first-order valence-electron chi connectivity index (χ1n) is 14.3. The number of carbonyl (C=O) groups excluding carboxylic acids is 2. The van der Waals surface area contributed by atoms with Crippen molar-refractivity contribution in [2.75, 3.05) is 37.0 Å². The summed E-state index contributed by atoms with van der Waals surface area (Å²) in [5, 5.41) is 39.3. The zero-order chi connectivity index (χ0) is 31.5. The molecule has 0 radical (unpaired) electrons. The number of nitrogens with zero attached hydrogens (tertiary/aromatic N) is 2. The lowest BCUT2D eigenvalue weighted by molar-refractivity contribution is 0.101. The average Bonchev–Trinajstić information content (AvgIpc) is 3.04. The Morgan fingerprint density at radius 1 is 0.705 bits per heavy atom. The summed E-state index contributed by atoms with van der Waals surface area (Å²) in [5.74, 6) is -0.678. The second-order valence-corrected chi connectivity index (χ2v) is 10.3. The normalized spacial score (nSPS) is 11.0. The van der Waals surface area contributed by atoms with Crippen molar-refractivity contribution in [3.63, 3.8) is 0 Å². The largest absolute Gasteiger partial charge is 0.395 e. The molecule has 0 spiro atoms. The van der Waals surface area contributed by atoms with Crippen LogP contribution in [-0.2, 0) is 13.1 Å². The number of aliphatic hydroxyl groups excluding tert-OH is 3. The van der Waals surface area contributed by atoms with Gasteiger partial charge in [0.25, 0.3) is 11.8 Å². The van der Waals surface area contributed by atoms with Gasteiger partial charge in [0.2, 0.25) is 0 Å². The third-order valence-corrected chi connectivity index (χ3v) is 7.22. The van der Waals surface area contributed by atoms with Crippen molar-refractivity contribution in [3.05, 3.63) is 107 Å². The molecule has 2 aromatic carbocycles. The van der Waals surface area contributed by atoms with Gasteiger partial charge in [-0.15, -0.1) is 0 Å². The van der Waals surface area contributed by atoms with E-state index in [-0.39, 0.29) is 37.3 Å². The molecule has 2 heterocycles. The topological polar surface area (TPSA) is 169 Å². The highest BCUT2D eigenvalue weighted by Crippen LogP contribution is 2.34. The van der Waals surface area contributed by atoms with E-state index >= 15 is 0 Å². The number of rotatable bonds is 14. The number of carbonyl (C=O) groups is 2. The van der Waals surface area contributed by atoms with Crippen molar-refractivity contribution >= 4 is 23.2 Å². The van der Waals surface area contributed by atoms with E-state index < -0.39 is 6.04 Å². The summed E-state index contributed by atoms with van der Waals surface area (Å²) in [6, 6.07) is 17.8. The number of pyridine rings is 2. The van der Waals surface area contributed by atoms with Gasteiger partial charge in [-0.3, -0.25) is 19.6 Å². The van der Waals surface area contributed by atoms with Gasteiger partial charge < -0.3 is 36.6 Å². The highest BCUT2D eigenvalue weighted by atomic mass is 16.3. The van der Waals surface area contributed by atoms with Gasteiger partial charge in [-0.25, -0.2) is 0 Å². The van der Waals surface area contributed by atoms with E-state index in [1.54, 1.807) is 30.6 Å². The molecule has 4 aromatic rings. The Labute approximate surface area is 256 Å². The van der Waals surface area contributed by atoms with Gasteiger partial charge in [0.05, 0.1) is 25.9 Å². The highest BCUT2D eigenvalue weighted by molar-refractivity contribution is 6.05. The molecule has 2 aromatic heterocycles. The molecule has 0 aliphatic rings. The van der Waals surface area contributed by atoms with Gasteiger partial charge in [-0.2, -0.15) is 0 Å². The molecular formula is C33H38N6O5. The van der Waals surface area contributed by atoms with Crippen LogP contribution in [-0.4, -0.2) is 69.5 Å². The molecule has 230 valence electrons. The highest BCUT2D eigenvalue weighted by Gasteiger charge is 2.16. The summed E-state index contributed by atoms with van der Waals surface area (Å²) in [4.78, 5) is 34.6. The van der Waals surface area contributed by atoms with Crippen LogP contribution in [0.25, 0.3) is 11.1 Å². The predicted molar refractivity (Wildman–Crippen MR) is 169 cm³/mol. The van der Waals surface area contributed by atoms with Gasteiger partial charge in [-0.05, 0) is 71.5 Å². The summed E-state index contributed by atoms with van der Waals surface area (Å²) in [6.07, 6.45) is 3.22. The van der Waals surface area contributed by atoms with Crippen LogP contribution in [0.3, 0.4) is 0 Å². The third kappa shape index (κ3) is 8.31. The lowest BCUT2D eigenvalue weighted by Crippen LogP contribution is -2.35. The first kappa shape index (κ1) is 32.4. The molecule has 0 atom stereocenters. The number of nitrogens with one attached hydrogen (secondary N) is 4. The SMILES string of the molecule is Cc1c(NC(=O)c2ccc(CNCCO)cn2)cccc1-c1cccc(NC(=O)c2ccc(CNC(CO)CO)cn2)c1C. The van der Waals surface area contributed by atoms with Gasteiger partial charge in [0, 0.05) is 43.4 Å². The van der Waals surface area contributed by atoms with Crippen LogP contribution in [0.15, 0.2) is 73.1 Å². The summed E-state index contributed by atoms with van der Waals surface area (Å²) in [6.45, 7) is 4.98. The lowest BCUT2D eigenvalue weighted by Gasteiger charge is -2.17. The molecule has 44 heavy (non-hydrogen) atoms. The molecule has 0 aliphatic heterocycles. The maximum absolute atomic E-state index is 13.0. The molecule has 0 unspecified atom stereocenters. The minimum absolute atomic E-state index is 0.0523. The zero-order valence-corrected chi connectivity index (χ0v) is 24.8. The number of hydrogen-bond donors (Lipinski definition) is 7. The Kier molecular flexibility index (Phi) is 11.6. The van der Waals surface area contributed by atoms with Crippen molar-refractivity contribution in [1.29, 1.82) is 0 Å². The number of aliphatic hydroxyl groups is 3. The molecule has 4 rings (SSSR count). The Morgan fingerprint density at radius 2 is 1.20 bits per heavy atom. The fraction of sp³-hybridized carbons (Fsp3) is 0.273. The molecule has 0 fully saturated rings. The molecule has 0 saturated carbocycles. The minimum Gasteiger partial charge on any atom is -0.395 e. The molecular weight excluding hydrogens is 560 g/mol.